The molecule has 3 aromatic rings. The predicted octanol–water partition coefficient (Wildman–Crippen LogP) is 2.95. The van der Waals surface area contributed by atoms with Crippen LogP contribution in [0.25, 0.3) is 11.1 Å². The Labute approximate surface area is 239 Å². The van der Waals surface area contributed by atoms with E-state index >= 15 is 0 Å². The monoisotopic (exact) mass is 581 g/mol. The predicted molar refractivity (Wildman–Crippen MR) is 148 cm³/mol. The molecule has 2 fully saturated rings. The lowest BCUT2D eigenvalue weighted by Crippen LogP contribution is -2.48. The van der Waals surface area contributed by atoms with Crippen molar-refractivity contribution in [2.75, 3.05) is 26.3 Å². The molecule has 0 aliphatic carbocycles. The minimum absolute atomic E-state index is 0.0354. The van der Waals surface area contributed by atoms with Crippen molar-refractivity contribution in [2.45, 2.75) is 37.9 Å². The molecule has 214 valence electrons. The molecule has 3 aliphatic heterocycles. The number of ether oxygens (including phenoxy) is 2. The van der Waals surface area contributed by atoms with Crippen LogP contribution >= 0.6 is 11.3 Å². The van der Waals surface area contributed by atoms with Crippen molar-refractivity contribution in [3.8, 4) is 11.1 Å². The van der Waals surface area contributed by atoms with E-state index in [1.807, 2.05) is 17.0 Å². The molecule has 1 atom stereocenters. The molecule has 0 radical (unpaired) electrons. The fraction of sp³-hybridized carbons (Fsp3) is 0.345. The maximum absolute atomic E-state index is 14.4. The Hall–Kier alpha value is -3.71. The fourth-order valence-corrected chi connectivity index (χ4v) is 6.52. The van der Waals surface area contributed by atoms with Crippen molar-refractivity contribution in [3.63, 3.8) is 0 Å². The van der Waals surface area contributed by atoms with Crippen LogP contribution in [-0.2, 0) is 38.7 Å². The number of carbonyl (C=O) groups excluding carboxylic acids is 2. The molecule has 1 aromatic heterocycles. The number of nitrogens with one attached hydrogen (secondary N) is 2. The van der Waals surface area contributed by atoms with Crippen LogP contribution in [0.3, 0.4) is 0 Å². The number of thiophene rings is 1. The first kappa shape index (κ1) is 27.5. The second-order valence-electron chi connectivity index (χ2n) is 10.5. The molecule has 0 saturated carbocycles. The molecule has 4 N–H and O–H groups in total. The summed E-state index contributed by atoms with van der Waals surface area (Å²) >= 11 is 1.39. The minimum Gasteiger partial charge on any atom is -0.384 e. The van der Waals surface area contributed by atoms with E-state index in [4.69, 9.17) is 20.6 Å². The van der Waals surface area contributed by atoms with Gasteiger partial charge in [0, 0.05) is 47.0 Å². The first-order valence-electron chi connectivity index (χ1n) is 13.3. The van der Waals surface area contributed by atoms with Crippen LogP contribution in [0.4, 0.5) is 8.78 Å². The molecule has 2 aromatic carbocycles. The first-order valence-corrected chi connectivity index (χ1v) is 14.1. The van der Waals surface area contributed by atoms with Crippen molar-refractivity contribution in [3.05, 3.63) is 81.0 Å². The topological polar surface area (TPSA) is 121 Å². The molecule has 9 nitrogen and oxygen atoms in total. The van der Waals surface area contributed by atoms with Gasteiger partial charge in [0.25, 0.3) is 0 Å². The highest BCUT2D eigenvalue weighted by atomic mass is 32.1. The van der Waals surface area contributed by atoms with Gasteiger partial charge >= 0.3 is 0 Å². The van der Waals surface area contributed by atoms with Gasteiger partial charge in [-0.15, -0.1) is 11.3 Å². The summed E-state index contributed by atoms with van der Waals surface area (Å²) in [6.07, 6.45) is 0.237. The summed E-state index contributed by atoms with van der Waals surface area (Å²) in [6, 6.07) is 10.1. The average molecular weight is 582 g/mol. The van der Waals surface area contributed by atoms with Gasteiger partial charge < -0.3 is 25.4 Å². The summed E-state index contributed by atoms with van der Waals surface area (Å²) in [5.74, 6) is -2.81. The molecular formula is C29H29F2N5O4S. The summed E-state index contributed by atoms with van der Waals surface area (Å²) < 4.78 is 39.4. The molecule has 2 amide bonds. The van der Waals surface area contributed by atoms with Crippen LogP contribution < -0.4 is 11.1 Å². The second kappa shape index (κ2) is 10.9. The highest BCUT2D eigenvalue weighted by Gasteiger charge is 2.52. The van der Waals surface area contributed by atoms with E-state index in [9.17, 15) is 18.4 Å². The number of nitrogens with two attached hydrogens (primary N) is 1. The molecule has 6 rings (SSSR count). The molecule has 1 spiro atoms. The number of nitrogens with zero attached hydrogens (tertiary/aromatic N) is 2. The Morgan fingerprint density at radius 1 is 1.10 bits per heavy atom. The van der Waals surface area contributed by atoms with Crippen LogP contribution in [0.5, 0.6) is 0 Å². The summed E-state index contributed by atoms with van der Waals surface area (Å²) in [7, 11) is 0. The lowest BCUT2D eigenvalue weighted by Gasteiger charge is -2.26. The minimum atomic E-state index is -0.996. The van der Waals surface area contributed by atoms with Crippen molar-refractivity contribution in [1.82, 2.24) is 15.1 Å². The zero-order valence-corrected chi connectivity index (χ0v) is 22.9. The van der Waals surface area contributed by atoms with E-state index in [-0.39, 0.29) is 43.7 Å². The van der Waals surface area contributed by atoms with E-state index in [1.54, 1.807) is 22.4 Å². The quantitative estimate of drug-likeness (QED) is 0.292. The Balaban J connectivity index is 1.13. The molecule has 3 aliphatic rings. The average Bonchev–Trinajstić information content (AvgIpc) is 3.74. The summed E-state index contributed by atoms with van der Waals surface area (Å²) in [6.45, 7) is 2.32. The fourth-order valence-electron chi connectivity index (χ4n) is 5.70. The lowest BCUT2D eigenvalue weighted by atomic mass is 10.0. The van der Waals surface area contributed by atoms with Gasteiger partial charge in [0.2, 0.25) is 11.8 Å². The van der Waals surface area contributed by atoms with Gasteiger partial charge in [-0.2, -0.15) is 0 Å². The van der Waals surface area contributed by atoms with E-state index in [0.717, 1.165) is 22.1 Å². The van der Waals surface area contributed by atoms with Gasteiger partial charge in [-0.1, -0.05) is 12.1 Å². The molecular weight excluding hydrogens is 552 g/mol. The first-order chi connectivity index (χ1) is 19.7. The Kier molecular flexibility index (Phi) is 7.32. The summed E-state index contributed by atoms with van der Waals surface area (Å²) in [5.41, 5.74) is 9.10. The van der Waals surface area contributed by atoms with Gasteiger partial charge in [0.15, 0.2) is 5.79 Å². The Bertz CT molecular complexity index is 1520. The van der Waals surface area contributed by atoms with Gasteiger partial charge in [-0.05, 0) is 41.0 Å². The zero-order valence-electron chi connectivity index (χ0n) is 22.1. The number of hydrogen-bond acceptors (Lipinski definition) is 7. The number of halogens is 2. The number of amidine groups is 1. The Morgan fingerprint density at radius 2 is 1.88 bits per heavy atom. The van der Waals surface area contributed by atoms with E-state index in [1.165, 1.54) is 23.5 Å². The summed E-state index contributed by atoms with van der Waals surface area (Å²) in [5, 5.41) is 12.2. The van der Waals surface area contributed by atoms with Crippen LogP contribution in [0.1, 0.15) is 28.0 Å². The maximum Gasteiger partial charge on any atom is 0.243 e. The molecule has 4 heterocycles. The van der Waals surface area contributed by atoms with Crippen LogP contribution in [0, 0.1) is 17.0 Å². The number of amides is 2. The third-order valence-electron chi connectivity index (χ3n) is 7.73. The maximum atomic E-state index is 14.4. The lowest BCUT2D eigenvalue weighted by molar-refractivity contribution is -0.152. The van der Waals surface area contributed by atoms with E-state index in [2.05, 4.69) is 5.32 Å². The van der Waals surface area contributed by atoms with Crippen LogP contribution in [-0.4, -0.2) is 65.6 Å². The number of carbonyl (C=O) groups is 2. The highest BCUT2D eigenvalue weighted by Crippen LogP contribution is 2.36. The molecule has 2 saturated heterocycles. The number of hydrogen-bond donors (Lipinski definition) is 3. The van der Waals surface area contributed by atoms with Gasteiger partial charge in [-0.25, -0.2) is 8.78 Å². The van der Waals surface area contributed by atoms with Crippen molar-refractivity contribution in [1.29, 1.82) is 5.41 Å². The molecule has 0 bridgehead atoms. The molecule has 41 heavy (non-hydrogen) atoms. The third-order valence-corrected chi connectivity index (χ3v) is 8.66. The number of benzene rings is 2. The summed E-state index contributed by atoms with van der Waals surface area (Å²) in [4.78, 5) is 31.3. The van der Waals surface area contributed by atoms with E-state index < -0.39 is 23.5 Å². The normalized spacial score (nSPS) is 19.6. The number of rotatable bonds is 7. The van der Waals surface area contributed by atoms with Crippen molar-refractivity contribution < 1.29 is 27.8 Å². The largest absolute Gasteiger partial charge is 0.384 e. The number of likely N-dealkylation sites (tertiary alicyclic amines) is 1. The zero-order chi connectivity index (χ0) is 28.7. The Morgan fingerprint density at radius 3 is 2.61 bits per heavy atom. The van der Waals surface area contributed by atoms with Gasteiger partial charge in [0.05, 0.1) is 32.8 Å². The SMILES string of the molecule is N=C(N)c1csc(CNC(=O)[C@@H]2CC3(CN2C(=O)CN2Cc4ccc(-c5ccc(F)cc5F)cc4C2)OCCO3)c1. The smallest absolute Gasteiger partial charge is 0.243 e. The van der Waals surface area contributed by atoms with Crippen molar-refractivity contribution >= 4 is 29.0 Å². The second-order valence-corrected chi connectivity index (χ2v) is 11.5. The highest BCUT2D eigenvalue weighted by molar-refractivity contribution is 7.10. The van der Waals surface area contributed by atoms with E-state index in [0.29, 0.717) is 43.0 Å². The van der Waals surface area contributed by atoms with Crippen LogP contribution in [0.15, 0.2) is 47.8 Å². The van der Waals surface area contributed by atoms with Crippen molar-refractivity contribution in [2.24, 2.45) is 5.73 Å². The molecule has 0 unspecified atom stereocenters. The number of fused-ring (bicyclic) bond motifs is 1. The molecule has 12 heteroatoms. The van der Waals surface area contributed by atoms with Crippen LogP contribution in [0.2, 0.25) is 0 Å². The van der Waals surface area contributed by atoms with Gasteiger partial charge in [0.1, 0.15) is 23.5 Å². The standard InChI is InChI=1S/C29H29F2N5O4S/c30-21-3-4-23(24(31)9-21)17-1-2-18-12-35(13-19(18)7-17)14-26(37)36-16-29(39-5-6-40-29)10-25(36)28(38)34-11-22-8-20(15-41-22)27(32)33/h1-4,7-9,15,25H,5-6,10-14,16H2,(H3,32,33)(H,34,38)/t25-/m0/s1. The number of nitrogen functional groups attached to an aromatic ring is 1. The third kappa shape index (κ3) is 5.60. The van der Waals surface area contributed by atoms with Gasteiger partial charge in [-0.3, -0.25) is 19.9 Å².